The van der Waals surface area contributed by atoms with Crippen LogP contribution in [0.3, 0.4) is 0 Å². The summed E-state index contributed by atoms with van der Waals surface area (Å²) in [4.78, 5) is 22.3. The molecule has 104 valence electrons. The van der Waals surface area contributed by atoms with Gasteiger partial charge in [-0.1, -0.05) is 6.07 Å². The van der Waals surface area contributed by atoms with Crippen molar-refractivity contribution in [3.63, 3.8) is 0 Å². The number of non-ortho nitro benzene ring substituents is 1. The van der Waals surface area contributed by atoms with E-state index < -0.39 is 10.8 Å². The minimum atomic E-state index is -0.542. The molecule has 0 atom stereocenters. The Morgan fingerprint density at radius 1 is 1.29 bits per heavy atom. The Bertz CT molecular complexity index is 842. The first-order valence-electron chi connectivity index (χ1n) is 5.99. The molecule has 3 aromatic rings. The van der Waals surface area contributed by atoms with Crippen molar-refractivity contribution in [3.8, 4) is 0 Å². The molecule has 0 bridgehead atoms. The number of anilines is 1. The van der Waals surface area contributed by atoms with Gasteiger partial charge >= 0.3 is 0 Å². The Hall–Kier alpha value is -3.29. The maximum Gasteiger partial charge on any atom is 0.270 e. The number of benzene rings is 1. The first kappa shape index (κ1) is 12.7. The highest BCUT2D eigenvalue weighted by Crippen LogP contribution is 2.15. The average molecular weight is 283 g/mol. The zero-order valence-electron chi connectivity index (χ0n) is 10.6. The molecule has 0 radical (unpaired) electrons. The summed E-state index contributed by atoms with van der Waals surface area (Å²) in [5.74, 6) is -0.425. The first-order chi connectivity index (χ1) is 10.1. The predicted molar refractivity (Wildman–Crippen MR) is 74.0 cm³/mol. The lowest BCUT2D eigenvalue weighted by Crippen LogP contribution is -2.12. The molecule has 1 aromatic carbocycles. The van der Waals surface area contributed by atoms with Gasteiger partial charge in [0, 0.05) is 23.9 Å². The van der Waals surface area contributed by atoms with Crippen LogP contribution in [-0.2, 0) is 0 Å². The Morgan fingerprint density at radius 2 is 2.14 bits per heavy atom. The van der Waals surface area contributed by atoms with E-state index in [1.807, 2.05) is 0 Å². The second-order valence-electron chi connectivity index (χ2n) is 4.28. The van der Waals surface area contributed by atoms with Crippen LogP contribution in [0.2, 0.25) is 0 Å². The van der Waals surface area contributed by atoms with Crippen LogP contribution in [0.25, 0.3) is 5.65 Å². The molecule has 0 unspecified atom stereocenters. The molecule has 2 heterocycles. The molecule has 0 spiro atoms. The summed E-state index contributed by atoms with van der Waals surface area (Å²) < 4.78 is 1.66. The topological polar surface area (TPSA) is 102 Å². The SMILES string of the molecule is O=C(Nc1ccc2nncn2c1)c1cccc([N+](=O)[O-])c1. The fourth-order valence-corrected chi connectivity index (χ4v) is 1.87. The van der Waals surface area contributed by atoms with E-state index in [1.54, 1.807) is 22.7 Å². The number of hydrogen-bond donors (Lipinski definition) is 1. The molecule has 3 rings (SSSR count). The summed E-state index contributed by atoms with van der Waals surface area (Å²) in [6.45, 7) is 0. The molecule has 8 heteroatoms. The summed E-state index contributed by atoms with van der Waals surface area (Å²) >= 11 is 0. The van der Waals surface area contributed by atoms with E-state index in [2.05, 4.69) is 15.5 Å². The summed E-state index contributed by atoms with van der Waals surface area (Å²) in [6, 6.07) is 8.93. The third-order valence-electron chi connectivity index (χ3n) is 2.87. The van der Waals surface area contributed by atoms with Crippen LogP contribution in [0.4, 0.5) is 11.4 Å². The van der Waals surface area contributed by atoms with Crippen LogP contribution < -0.4 is 5.32 Å². The first-order valence-corrected chi connectivity index (χ1v) is 5.99. The molecule has 0 aliphatic heterocycles. The summed E-state index contributed by atoms with van der Waals surface area (Å²) in [5, 5.41) is 21.0. The Balaban J connectivity index is 1.85. The van der Waals surface area contributed by atoms with Crippen LogP contribution in [0.1, 0.15) is 10.4 Å². The largest absolute Gasteiger partial charge is 0.321 e. The average Bonchev–Trinajstić information content (AvgIpc) is 2.95. The number of pyridine rings is 1. The molecular formula is C13H9N5O3. The second-order valence-corrected chi connectivity index (χ2v) is 4.28. The van der Waals surface area contributed by atoms with Crippen molar-refractivity contribution in [2.24, 2.45) is 0 Å². The fourth-order valence-electron chi connectivity index (χ4n) is 1.87. The quantitative estimate of drug-likeness (QED) is 0.584. The van der Waals surface area contributed by atoms with Crippen LogP contribution >= 0.6 is 0 Å². The van der Waals surface area contributed by atoms with E-state index in [1.165, 1.54) is 30.6 Å². The molecule has 0 aliphatic rings. The lowest BCUT2D eigenvalue weighted by atomic mass is 10.2. The van der Waals surface area contributed by atoms with E-state index in [4.69, 9.17) is 0 Å². The Kier molecular flexibility index (Phi) is 3.03. The molecule has 0 saturated heterocycles. The van der Waals surface area contributed by atoms with E-state index >= 15 is 0 Å². The molecule has 1 amide bonds. The van der Waals surface area contributed by atoms with Gasteiger partial charge in [-0.25, -0.2) is 0 Å². The summed E-state index contributed by atoms with van der Waals surface area (Å²) in [6.07, 6.45) is 3.17. The molecule has 0 saturated carbocycles. The molecule has 21 heavy (non-hydrogen) atoms. The van der Waals surface area contributed by atoms with Crippen molar-refractivity contribution >= 4 is 22.9 Å². The number of hydrogen-bond acceptors (Lipinski definition) is 5. The van der Waals surface area contributed by atoms with Crippen LogP contribution in [0.5, 0.6) is 0 Å². The predicted octanol–water partition coefficient (Wildman–Crippen LogP) is 1.89. The number of fused-ring (bicyclic) bond motifs is 1. The second kappa shape index (κ2) is 5.00. The van der Waals surface area contributed by atoms with Gasteiger partial charge in [-0.2, -0.15) is 0 Å². The van der Waals surface area contributed by atoms with Gasteiger partial charge in [0.2, 0.25) is 0 Å². The standard InChI is InChI=1S/C13H9N5O3/c19-13(9-2-1-3-11(6-9)18(20)21)15-10-4-5-12-16-14-8-17(12)7-10/h1-8H,(H,15,19). The number of nitro benzene ring substituents is 1. The number of nitro groups is 1. The third-order valence-corrected chi connectivity index (χ3v) is 2.87. The van der Waals surface area contributed by atoms with E-state index in [0.29, 0.717) is 11.3 Å². The summed E-state index contributed by atoms with van der Waals surface area (Å²) in [7, 11) is 0. The zero-order valence-corrected chi connectivity index (χ0v) is 10.6. The normalized spacial score (nSPS) is 10.5. The van der Waals surface area contributed by atoms with Crippen LogP contribution in [-0.4, -0.2) is 25.4 Å². The van der Waals surface area contributed by atoms with Gasteiger partial charge in [0.1, 0.15) is 6.33 Å². The Labute approximate surface area is 118 Å². The monoisotopic (exact) mass is 283 g/mol. The number of carbonyl (C=O) groups is 1. The van der Waals surface area contributed by atoms with Gasteiger partial charge in [-0.15, -0.1) is 10.2 Å². The minimum Gasteiger partial charge on any atom is -0.321 e. The minimum absolute atomic E-state index is 0.128. The molecule has 0 aliphatic carbocycles. The lowest BCUT2D eigenvalue weighted by Gasteiger charge is -2.05. The lowest BCUT2D eigenvalue weighted by molar-refractivity contribution is -0.384. The van der Waals surface area contributed by atoms with Gasteiger partial charge in [-0.05, 0) is 18.2 Å². The van der Waals surface area contributed by atoms with Gasteiger partial charge in [0.05, 0.1) is 10.6 Å². The van der Waals surface area contributed by atoms with Crippen molar-refractivity contribution < 1.29 is 9.72 Å². The number of nitrogens with one attached hydrogen (secondary N) is 1. The number of nitrogens with zero attached hydrogens (tertiary/aromatic N) is 4. The number of amides is 1. The molecular weight excluding hydrogens is 274 g/mol. The Morgan fingerprint density at radius 3 is 2.95 bits per heavy atom. The van der Waals surface area contributed by atoms with E-state index in [9.17, 15) is 14.9 Å². The zero-order chi connectivity index (χ0) is 14.8. The molecule has 0 fully saturated rings. The van der Waals surface area contributed by atoms with Gasteiger partial charge < -0.3 is 5.32 Å². The number of rotatable bonds is 3. The molecule has 2 aromatic heterocycles. The fraction of sp³-hybridized carbons (Fsp3) is 0. The maximum absolute atomic E-state index is 12.1. The smallest absolute Gasteiger partial charge is 0.270 e. The maximum atomic E-state index is 12.1. The highest BCUT2D eigenvalue weighted by molar-refractivity contribution is 6.04. The van der Waals surface area contributed by atoms with Crippen molar-refractivity contribution in [2.75, 3.05) is 5.32 Å². The van der Waals surface area contributed by atoms with Gasteiger partial charge in [0.25, 0.3) is 11.6 Å². The third kappa shape index (κ3) is 2.54. The van der Waals surface area contributed by atoms with Crippen molar-refractivity contribution in [3.05, 3.63) is 64.6 Å². The van der Waals surface area contributed by atoms with Crippen molar-refractivity contribution in [1.82, 2.24) is 14.6 Å². The van der Waals surface area contributed by atoms with Crippen LogP contribution in [0, 0.1) is 10.1 Å². The van der Waals surface area contributed by atoms with Crippen LogP contribution in [0.15, 0.2) is 48.9 Å². The van der Waals surface area contributed by atoms with Crippen molar-refractivity contribution in [2.45, 2.75) is 0 Å². The van der Waals surface area contributed by atoms with E-state index in [-0.39, 0.29) is 11.3 Å². The summed E-state index contributed by atoms with van der Waals surface area (Å²) in [5.41, 5.74) is 1.28. The molecule has 1 N–H and O–H groups in total. The van der Waals surface area contributed by atoms with Gasteiger partial charge in [0.15, 0.2) is 5.65 Å². The van der Waals surface area contributed by atoms with Gasteiger partial charge in [-0.3, -0.25) is 19.3 Å². The highest BCUT2D eigenvalue weighted by Gasteiger charge is 2.11. The molecule has 8 nitrogen and oxygen atoms in total. The number of carbonyl (C=O) groups excluding carboxylic acids is 1. The number of aromatic nitrogens is 3. The highest BCUT2D eigenvalue weighted by atomic mass is 16.6. The van der Waals surface area contributed by atoms with E-state index in [0.717, 1.165) is 0 Å². The van der Waals surface area contributed by atoms with Crippen molar-refractivity contribution in [1.29, 1.82) is 0 Å².